The number of fused-ring (bicyclic) bond motifs is 1. The van der Waals surface area contributed by atoms with Gasteiger partial charge in [-0.05, 0) is 52.8 Å². The lowest BCUT2D eigenvalue weighted by Gasteiger charge is -2.34. The Morgan fingerprint density at radius 2 is 1.83 bits per heavy atom. The van der Waals surface area contributed by atoms with Gasteiger partial charge in [0.1, 0.15) is 11.9 Å². The highest BCUT2D eigenvalue weighted by Crippen LogP contribution is 2.29. The molecule has 4 N–H and O–H groups in total. The first-order valence-corrected chi connectivity index (χ1v) is 12.2. The van der Waals surface area contributed by atoms with Crippen LogP contribution in [-0.4, -0.2) is 83.8 Å². The second kappa shape index (κ2) is 12.6. The van der Waals surface area contributed by atoms with Gasteiger partial charge in [0.15, 0.2) is 0 Å². The molecule has 0 aliphatic carbocycles. The molecule has 0 unspecified atom stereocenters. The van der Waals surface area contributed by atoms with Gasteiger partial charge < -0.3 is 35.6 Å². The summed E-state index contributed by atoms with van der Waals surface area (Å²) in [5.74, 6) is 0.266. The smallest absolute Gasteiger partial charge is 0.319 e. The van der Waals surface area contributed by atoms with E-state index in [2.05, 4.69) is 16.0 Å². The topological polar surface area (TPSA) is 123 Å². The molecule has 0 fully saturated rings. The normalized spacial score (nSPS) is 19.1. The highest BCUT2D eigenvalue weighted by molar-refractivity contribution is 5.90. The fourth-order valence-corrected chi connectivity index (χ4v) is 3.86. The van der Waals surface area contributed by atoms with Gasteiger partial charge in [-0.15, -0.1) is 0 Å². The van der Waals surface area contributed by atoms with Crippen LogP contribution in [0.1, 0.15) is 47.1 Å². The number of aliphatic hydroxyl groups is 1. The van der Waals surface area contributed by atoms with Crippen molar-refractivity contribution < 1.29 is 24.2 Å². The fourth-order valence-electron chi connectivity index (χ4n) is 3.86. The van der Waals surface area contributed by atoms with Gasteiger partial charge in [0.25, 0.3) is 0 Å². The van der Waals surface area contributed by atoms with E-state index >= 15 is 0 Å². The molecule has 2 rings (SSSR count). The molecule has 1 heterocycles. The van der Waals surface area contributed by atoms with Crippen molar-refractivity contribution in [3.05, 3.63) is 23.8 Å². The average Bonchev–Trinajstić information content (AvgIpc) is 2.80. The maximum absolute atomic E-state index is 13.3. The van der Waals surface area contributed by atoms with Gasteiger partial charge in [0, 0.05) is 42.8 Å². The van der Waals surface area contributed by atoms with Crippen LogP contribution in [0.4, 0.5) is 15.3 Å². The van der Waals surface area contributed by atoms with E-state index in [0.717, 1.165) is 0 Å². The zero-order valence-corrected chi connectivity index (χ0v) is 21.9. The molecule has 1 aromatic carbocycles. The quantitative estimate of drug-likeness (QED) is 0.466. The monoisotopic (exact) mass is 491 g/mol. The molecule has 0 bridgehead atoms. The SMILES string of the molecule is CC(C)NC(=O)Nc1ccc2c(c1)CC(=O)N([C@@H](C)CO)C[C@@H](C)[C@H](CN(C)C(=O)NC(C)C)O2. The van der Waals surface area contributed by atoms with E-state index in [9.17, 15) is 19.5 Å². The molecule has 0 radical (unpaired) electrons. The third-order valence-electron chi connectivity index (χ3n) is 5.81. The maximum atomic E-state index is 13.3. The number of nitrogens with zero attached hydrogens (tertiary/aromatic N) is 2. The van der Waals surface area contributed by atoms with Crippen molar-refractivity contribution in [3.8, 4) is 5.75 Å². The largest absolute Gasteiger partial charge is 0.488 e. The number of carbonyl (C=O) groups excluding carboxylic acids is 3. The molecule has 0 saturated carbocycles. The molecule has 3 atom stereocenters. The van der Waals surface area contributed by atoms with Gasteiger partial charge in [-0.25, -0.2) is 9.59 Å². The molecule has 1 aliphatic heterocycles. The highest BCUT2D eigenvalue weighted by Gasteiger charge is 2.32. The van der Waals surface area contributed by atoms with Crippen molar-refractivity contribution in [2.75, 3.05) is 32.1 Å². The van der Waals surface area contributed by atoms with Crippen LogP contribution in [-0.2, 0) is 11.2 Å². The first-order chi connectivity index (χ1) is 16.4. The van der Waals surface area contributed by atoms with Crippen LogP contribution in [0.15, 0.2) is 18.2 Å². The lowest BCUT2D eigenvalue weighted by molar-refractivity contribution is -0.134. The number of anilines is 1. The van der Waals surface area contributed by atoms with Crippen molar-refractivity contribution in [2.24, 2.45) is 5.92 Å². The Labute approximate surface area is 208 Å². The van der Waals surface area contributed by atoms with Crippen LogP contribution in [0.3, 0.4) is 0 Å². The minimum atomic E-state index is -0.404. The van der Waals surface area contributed by atoms with Gasteiger partial charge in [-0.1, -0.05) is 6.92 Å². The average molecular weight is 492 g/mol. The highest BCUT2D eigenvalue weighted by atomic mass is 16.5. The van der Waals surface area contributed by atoms with Gasteiger partial charge in [0.2, 0.25) is 5.91 Å². The number of ether oxygens (including phenoxy) is 1. The summed E-state index contributed by atoms with van der Waals surface area (Å²) >= 11 is 0. The van der Waals surface area contributed by atoms with E-state index in [-0.39, 0.29) is 55.0 Å². The van der Waals surface area contributed by atoms with Crippen LogP contribution in [0.5, 0.6) is 5.75 Å². The number of amides is 5. The minimum Gasteiger partial charge on any atom is -0.488 e. The molecular weight excluding hydrogens is 450 g/mol. The number of aliphatic hydroxyl groups excluding tert-OH is 1. The van der Waals surface area contributed by atoms with Crippen molar-refractivity contribution >= 4 is 23.7 Å². The van der Waals surface area contributed by atoms with E-state index in [1.807, 2.05) is 34.6 Å². The summed E-state index contributed by atoms with van der Waals surface area (Å²) < 4.78 is 6.40. The summed E-state index contributed by atoms with van der Waals surface area (Å²) in [5.41, 5.74) is 1.17. The first-order valence-electron chi connectivity index (χ1n) is 12.2. The molecule has 1 aromatic rings. The predicted octanol–water partition coefficient (Wildman–Crippen LogP) is 2.42. The first kappa shape index (κ1) is 28.2. The molecule has 0 aromatic heterocycles. The second-order valence-corrected chi connectivity index (χ2v) is 9.95. The summed E-state index contributed by atoms with van der Waals surface area (Å²) in [6.45, 7) is 11.8. The maximum Gasteiger partial charge on any atom is 0.319 e. The van der Waals surface area contributed by atoms with Crippen molar-refractivity contribution in [1.29, 1.82) is 0 Å². The summed E-state index contributed by atoms with van der Waals surface area (Å²) in [4.78, 5) is 41.2. The summed E-state index contributed by atoms with van der Waals surface area (Å²) in [5, 5.41) is 18.2. The predicted molar refractivity (Wildman–Crippen MR) is 136 cm³/mol. The second-order valence-electron chi connectivity index (χ2n) is 9.95. The van der Waals surface area contributed by atoms with Crippen LogP contribution in [0.2, 0.25) is 0 Å². The van der Waals surface area contributed by atoms with Crippen LogP contribution in [0, 0.1) is 5.92 Å². The number of benzene rings is 1. The number of carbonyl (C=O) groups is 3. The zero-order chi connectivity index (χ0) is 26.3. The molecule has 0 saturated heterocycles. The van der Waals surface area contributed by atoms with Crippen molar-refractivity contribution in [3.63, 3.8) is 0 Å². The molecule has 10 heteroatoms. The molecule has 10 nitrogen and oxygen atoms in total. The van der Waals surface area contributed by atoms with E-state index in [4.69, 9.17) is 4.74 Å². The minimum absolute atomic E-state index is 0.00175. The molecule has 1 aliphatic rings. The van der Waals surface area contributed by atoms with Gasteiger partial charge in [-0.2, -0.15) is 0 Å². The zero-order valence-electron chi connectivity index (χ0n) is 21.9. The fraction of sp³-hybridized carbons (Fsp3) is 0.640. The van der Waals surface area contributed by atoms with Gasteiger partial charge in [0.05, 0.1) is 25.6 Å². The number of likely N-dealkylation sites (N-methyl/N-ethyl adjacent to an activating group) is 1. The van der Waals surface area contributed by atoms with Gasteiger partial charge >= 0.3 is 12.1 Å². The van der Waals surface area contributed by atoms with E-state index in [1.165, 1.54) is 0 Å². The standard InChI is InChI=1S/C25H41N5O5/c1-15(2)26-24(33)28-20-8-9-21-19(10-20)11-23(32)30(18(6)14-31)12-17(5)22(35-21)13-29(7)25(34)27-16(3)4/h8-10,15-18,22,31H,11-14H2,1-7H3,(H,27,34)(H2,26,28,33)/t17-,18+,22+/m1/s1. The number of rotatable bonds is 7. The van der Waals surface area contributed by atoms with Crippen LogP contribution >= 0.6 is 0 Å². The number of hydrogen-bond acceptors (Lipinski definition) is 5. The van der Waals surface area contributed by atoms with E-state index in [0.29, 0.717) is 30.1 Å². The number of hydrogen-bond donors (Lipinski definition) is 4. The third-order valence-corrected chi connectivity index (χ3v) is 5.81. The Balaban J connectivity index is 2.38. The lowest BCUT2D eigenvalue weighted by atomic mass is 10.0. The molecule has 0 spiro atoms. The van der Waals surface area contributed by atoms with Gasteiger partial charge in [-0.3, -0.25) is 4.79 Å². The Morgan fingerprint density at radius 1 is 1.17 bits per heavy atom. The van der Waals surface area contributed by atoms with E-state index < -0.39 is 6.10 Å². The Kier molecular flexibility index (Phi) is 10.2. The number of urea groups is 2. The van der Waals surface area contributed by atoms with Crippen LogP contribution < -0.4 is 20.7 Å². The van der Waals surface area contributed by atoms with Crippen LogP contribution in [0.25, 0.3) is 0 Å². The van der Waals surface area contributed by atoms with Crippen molar-refractivity contribution in [1.82, 2.24) is 20.4 Å². The lowest BCUT2D eigenvalue weighted by Crippen LogP contribution is -2.49. The Hall–Kier alpha value is -3.01. The molecule has 35 heavy (non-hydrogen) atoms. The molecule has 196 valence electrons. The summed E-state index contributed by atoms with van der Waals surface area (Å²) in [7, 11) is 1.71. The molecule has 5 amide bonds. The number of nitrogens with one attached hydrogen (secondary N) is 3. The Bertz CT molecular complexity index is 891. The third kappa shape index (κ3) is 8.31. The van der Waals surface area contributed by atoms with E-state index in [1.54, 1.807) is 42.0 Å². The summed E-state index contributed by atoms with van der Waals surface area (Å²) in [6.07, 6.45) is -0.344. The Morgan fingerprint density at radius 3 is 2.43 bits per heavy atom. The summed E-state index contributed by atoms with van der Waals surface area (Å²) in [6, 6.07) is 4.27. The van der Waals surface area contributed by atoms with Crippen molar-refractivity contribution in [2.45, 2.75) is 72.2 Å². The molecular formula is C25H41N5O5.